The van der Waals surface area contributed by atoms with Gasteiger partial charge in [0.2, 0.25) is 0 Å². The van der Waals surface area contributed by atoms with Crippen molar-refractivity contribution in [3.63, 3.8) is 0 Å². The summed E-state index contributed by atoms with van der Waals surface area (Å²) < 4.78 is 5.99. The Balaban J connectivity index is 1.74. The van der Waals surface area contributed by atoms with Gasteiger partial charge in [0, 0.05) is 0 Å². The first-order valence-corrected chi connectivity index (χ1v) is 9.85. The first-order chi connectivity index (χ1) is 11.5. The molecule has 0 aromatic heterocycles. The van der Waals surface area contributed by atoms with Crippen molar-refractivity contribution in [2.24, 2.45) is 28.6 Å². The number of ether oxygens (including phenoxy) is 1. The third-order valence-corrected chi connectivity index (χ3v) is 8.74. The summed E-state index contributed by atoms with van der Waals surface area (Å²) in [6.45, 7) is 8.13. The number of carboxylic acids is 1. The topological polar surface area (TPSA) is 90.3 Å². The highest BCUT2D eigenvalue weighted by Gasteiger charge is 2.77. The fourth-order valence-electron chi connectivity index (χ4n) is 7.27. The van der Waals surface area contributed by atoms with Gasteiger partial charge < -0.3 is 20.1 Å². The maximum Gasteiger partial charge on any atom is 0.309 e. The van der Waals surface area contributed by atoms with Gasteiger partial charge in [0.15, 0.2) is 0 Å². The summed E-state index contributed by atoms with van der Waals surface area (Å²) in [5, 5.41) is 32.7. The van der Waals surface area contributed by atoms with Crippen LogP contribution in [-0.2, 0) is 9.53 Å². The lowest BCUT2D eigenvalue weighted by Gasteiger charge is -2.63. The molecule has 8 atom stereocenters. The summed E-state index contributed by atoms with van der Waals surface area (Å²) >= 11 is 0. The number of hydrogen-bond donors (Lipinski definition) is 3. The summed E-state index contributed by atoms with van der Waals surface area (Å²) in [7, 11) is 0. The molecule has 0 unspecified atom stereocenters. The summed E-state index contributed by atoms with van der Waals surface area (Å²) in [5.41, 5.74) is -2.79. The van der Waals surface area contributed by atoms with Crippen LogP contribution in [0.2, 0.25) is 0 Å². The minimum Gasteiger partial charge on any atom is -0.481 e. The van der Waals surface area contributed by atoms with Gasteiger partial charge in [-0.15, -0.1) is 0 Å². The highest BCUT2D eigenvalue weighted by Crippen LogP contribution is 2.69. The molecule has 1 saturated heterocycles. The van der Waals surface area contributed by atoms with E-state index in [-0.39, 0.29) is 29.3 Å². The molecule has 0 aromatic carbocycles. The van der Waals surface area contributed by atoms with E-state index in [9.17, 15) is 20.1 Å². The van der Waals surface area contributed by atoms with E-state index in [2.05, 4.69) is 6.92 Å². The van der Waals surface area contributed by atoms with E-state index >= 15 is 0 Å². The minimum absolute atomic E-state index is 0.0126. The third kappa shape index (κ3) is 1.93. The number of rotatable bonds is 2. The zero-order valence-electron chi connectivity index (χ0n) is 15.8. The maximum absolute atomic E-state index is 12.1. The van der Waals surface area contributed by atoms with Gasteiger partial charge in [-0.1, -0.05) is 27.2 Å². The SMILES string of the molecule is CC(C)[C@]12O[C@H]1C[C@@H]1[C@@]3(C)CCC[C@@](C)(C(=O)O)[C@@H]3CC[C@@]1(O)[C@H]2O. The normalized spacial score (nSPS) is 57.4. The fraction of sp³-hybridized carbons (Fsp3) is 0.950. The third-order valence-electron chi connectivity index (χ3n) is 8.74. The van der Waals surface area contributed by atoms with Crippen LogP contribution in [-0.4, -0.2) is 44.7 Å². The van der Waals surface area contributed by atoms with Crippen molar-refractivity contribution in [2.75, 3.05) is 0 Å². The van der Waals surface area contributed by atoms with Crippen molar-refractivity contribution < 1.29 is 24.9 Å². The van der Waals surface area contributed by atoms with Crippen molar-refractivity contribution in [3.8, 4) is 0 Å². The molecule has 5 nitrogen and oxygen atoms in total. The molecule has 0 radical (unpaired) electrons. The molecule has 0 aromatic rings. The molecule has 0 spiro atoms. The van der Waals surface area contributed by atoms with Gasteiger partial charge in [0.1, 0.15) is 11.7 Å². The minimum atomic E-state index is -1.17. The number of epoxide rings is 1. The lowest BCUT2D eigenvalue weighted by Crippen LogP contribution is -2.69. The predicted molar refractivity (Wildman–Crippen MR) is 91.9 cm³/mol. The van der Waals surface area contributed by atoms with Crippen LogP contribution in [0.25, 0.3) is 0 Å². The van der Waals surface area contributed by atoms with Crippen LogP contribution < -0.4 is 0 Å². The Hall–Kier alpha value is -0.650. The molecular formula is C20H32O5. The van der Waals surface area contributed by atoms with Gasteiger partial charge in [-0.05, 0) is 62.2 Å². The van der Waals surface area contributed by atoms with Gasteiger partial charge in [-0.3, -0.25) is 4.79 Å². The number of carbonyl (C=O) groups is 1. The number of aliphatic hydroxyl groups is 2. The number of aliphatic hydroxyl groups excluding tert-OH is 1. The summed E-state index contributed by atoms with van der Waals surface area (Å²) in [4.78, 5) is 12.1. The second-order valence-electron chi connectivity index (χ2n) is 9.97. The number of aliphatic carboxylic acids is 1. The van der Waals surface area contributed by atoms with Crippen LogP contribution in [0.5, 0.6) is 0 Å². The molecule has 4 rings (SSSR count). The predicted octanol–water partition coefficient (Wildman–Crippen LogP) is 2.58. The number of hydrogen-bond acceptors (Lipinski definition) is 4. The molecule has 3 aliphatic carbocycles. The molecule has 0 bridgehead atoms. The lowest BCUT2D eigenvalue weighted by molar-refractivity contribution is -0.239. The van der Waals surface area contributed by atoms with Crippen molar-refractivity contribution in [3.05, 3.63) is 0 Å². The second-order valence-corrected chi connectivity index (χ2v) is 9.97. The van der Waals surface area contributed by atoms with E-state index in [0.29, 0.717) is 19.3 Å². The van der Waals surface area contributed by atoms with Gasteiger partial charge in [-0.25, -0.2) is 0 Å². The zero-order chi connectivity index (χ0) is 18.4. The Morgan fingerprint density at radius 1 is 1.16 bits per heavy atom. The van der Waals surface area contributed by atoms with Gasteiger partial charge in [-0.2, -0.15) is 0 Å². The molecule has 142 valence electrons. The molecule has 1 heterocycles. The molecular weight excluding hydrogens is 320 g/mol. The largest absolute Gasteiger partial charge is 0.481 e. The molecule has 3 saturated carbocycles. The Morgan fingerprint density at radius 2 is 1.84 bits per heavy atom. The van der Waals surface area contributed by atoms with Crippen LogP contribution >= 0.6 is 0 Å². The van der Waals surface area contributed by atoms with E-state index in [1.165, 1.54) is 0 Å². The molecule has 1 aliphatic heterocycles. The lowest BCUT2D eigenvalue weighted by atomic mass is 9.42. The van der Waals surface area contributed by atoms with Crippen LogP contribution in [0, 0.1) is 28.6 Å². The van der Waals surface area contributed by atoms with Crippen LogP contribution in [0.1, 0.15) is 66.2 Å². The Labute approximate surface area is 149 Å². The van der Waals surface area contributed by atoms with Crippen molar-refractivity contribution in [1.29, 1.82) is 0 Å². The fourth-order valence-corrected chi connectivity index (χ4v) is 7.27. The Kier molecular flexibility index (Phi) is 3.54. The quantitative estimate of drug-likeness (QED) is 0.665. The average molecular weight is 352 g/mol. The van der Waals surface area contributed by atoms with Crippen molar-refractivity contribution in [2.45, 2.75) is 89.6 Å². The molecule has 4 aliphatic rings. The molecule has 5 heteroatoms. The zero-order valence-corrected chi connectivity index (χ0v) is 15.8. The maximum atomic E-state index is 12.1. The molecule has 4 fully saturated rings. The van der Waals surface area contributed by atoms with Crippen molar-refractivity contribution >= 4 is 5.97 Å². The van der Waals surface area contributed by atoms with E-state index < -0.39 is 28.7 Å². The smallest absolute Gasteiger partial charge is 0.309 e. The highest BCUT2D eigenvalue weighted by molar-refractivity contribution is 5.75. The van der Waals surface area contributed by atoms with Crippen LogP contribution in [0.3, 0.4) is 0 Å². The molecule has 3 N–H and O–H groups in total. The Bertz CT molecular complexity index is 605. The standard InChI is InChI=1S/C20H32O5/c1-11(2)20-14(25-20)10-13-17(3)7-5-8-18(4,16(22)23)12(17)6-9-19(13,24)15(20)21/h11-15,21,24H,5-10H2,1-4H3,(H,22,23)/t12-,13-,14+,15-,17+,18-,19+,20+/m1/s1. The van der Waals surface area contributed by atoms with E-state index in [4.69, 9.17) is 4.74 Å². The van der Waals surface area contributed by atoms with Crippen molar-refractivity contribution in [1.82, 2.24) is 0 Å². The number of fused-ring (bicyclic) bond motifs is 4. The van der Waals surface area contributed by atoms with Crippen LogP contribution in [0.4, 0.5) is 0 Å². The monoisotopic (exact) mass is 352 g/mol. The van der Waals surface area contributed by atoms with E-state index in [1.54, 1.807) is 0 Å². The Morgan fingerprint density at radius 3 is 2.44 bits per heavy atom. The summed E-state index contributed by atoms with van der Waals surface area (Å²) in [5.74, 6) is -0.635. The van der Waals surface area contributed by atoms with Crippen LogP contribution in [0.15, 0.2) is 0 Å². The highest BCUT2D eigenvalue weighted by atomic mass is 16.6. The van der Waals surface area contributed by atoms with Gasteiger partial charge in [0.25, 0.3) is 0 Å². The van der Waals surface area contributed by atoms with Gasteiger partial charge >= 0.3 is 5.97 Å². The first kappa shape index (κ1) is 17.7. The van der Waals surface area contributed by atoms with E-state index in [1.807, 2.05) is 20.8 Å². The molecule has 25 heavy (non-hydrogen) atoms. The van der Waals surface area contributed by atoms with Gasteiger partial charge in [0.05, 0.1) is 17.1 Å². The summed E-state index contributed by atoms with van der Waals surface area (Å²) in [6.07, 6.45) is 3.43. The number of carboxylic acid groups (broad SMARTS) is 1. The molecule has 0 amide bonds. The van der Waals surface area contributed by atoms with E-state index in [0.717, 1.165) is 19.3 Å². The average Bonchev–Trinajstić information content (AvgIpc) is 3.26. The summed E-state index contributed by atoms with van der Waals surface area (Å²) in [6, 6.07) is 0. The second kappa shape index (κ2) is 4.99. The first-order valence-electron chi connectivity index (χ1n) is 9.85.